The molecule has 6 nitrogen and oxygen atoms in total. The first kappa shape index (κ1) is 9.97. The molecule has 6 heteroatoms. The minimum atomic E-state index is -0.641. The Hall–Kier alpha value is -1.56. The maximum atomic E-state index is 11.7. The average molecular weight is 211 g/mol. The zero-order valence-corrected chi connectivity index (χ0v) is 8.66. The van der Waals surface area contributed by atoms with Crippen LogP contribution in [0.4, 0.5) is 0 Å². The molecule has 1 aromatic rings. The molecule has 0 unspecified atom stereocenters. The molecule has 1 saturated carbocycles. The van der Waals surface area contributed by atoms with Crippen LogP contribution in [-0.2, 0) is 17.3 Å². The molecule has 0 atom stereocenters. The number of nitrogens with zero attached hydrogens (tertiary/aromatic N) is 1. The Balaban J connectivity index is 2.60. The average Bonchev–Trinajstić information content (AvgIpc) is 2.86. The van der Waals surface area contributed by atoms with Crippen LogP contribution < -0.4 is 11.3 Å². The fraction of sp³-hybridized carbons (Fsp3) is 0.556. The molecule has 1 heterocycles. The number of methoxy groups -OCH3 is 1. The molecule has 1 aromatic heterocycles. The van der Waals surface area contributed by atoms with E-state index in [0.717, 1.165) is 12.8 Å². The summed E-state index contributed by atoms with van der Waals surface area (Å²) in [7, 11) is 2.82. The van der Waals surface area contributed by atoms with Crippen molar-refractivity contribution < 1.29 is 9.53 Å². The molecule has 1 fully saturated rings. The van der Waals surface area contributed by atoms with Gasteiger partial charge < -0.3 is 10.5 Å². The highest BCUT2D eigenvalue weighted by atomic mass is 16.5. The molecule has 0 saturated heterocycles. The van der Waals surface area contributed by atoms with E-state index in [1.165, 1.54) is 11.8 Å². The van der Waals surface area contributed by atoms with Crippen LogP contribution in [0.15, 0.2) is 4.79 Å². The lowest BCUT2D eigenvalue weighted by atomic mass is 10.1. The van der Waals surface area contributed by atoms with Crippen LogP contribution in [0.2, 0.25) is 0 Å². The van der Waals surface area contributed by atoms with Crippen molar-refractivity contribution in [2.24, 2.45) is 12.8 Å². The van der Waals surface area contributed by atoms with Crippen LogP contribution in [0, 0.1) is 0 Å². The van der Waals surface area contributed by atoms with Gasteiger partial charge in [0.1, 0.15) is 0 Å². The summed E-state index contributed by atoms with van der Waals surface area (Å²) >= 11 is 0. The van der Waals surface area contributed by atoms with Gasteiger partial charge in [-0.1, -0.05) is 0 Å². The van der Waals surface area contributed by atoms with Crippen molar-refractivity contribution in [3.8, 4) is 0 Å². The van der Waals surface area contributed by atoms with Gasteiger partial charge in [0, 0.05) is 12.6 Å². The lowest BCUT2D eigenvalue weighted by molar-refractivity contribution is 0.0591. The van der Waals surface area contributed by atoms with Gasteiger partial charge >= 0.3 is 5.97 Å². The fourth-order valence-electron chi connectivity index (χ4n) is 1.65. The predicted octanol–water partition coefficient (Wildman–Crippen LogP) is -0.552. The first-order valence-electron chi connectivity index (χ1n) is 4.66. The van der Waals surface area contributed by atoms with Crippen molar-refractivity contribution in [3.05, 3.63) is 21.6 Å². The van der Waals surface area contributed by atoms with E-state index in [-0.39, 0.29) is 11.3 Å². The van der Waals surface area contributed by atoms with E-state index in [4.69, 9.17) is 5.73 Å². The zero-order valence-electron chi connectivity index (χ0n) is 8.66. The van der Waals surface area contributed by atoms with Gasteiger partial charge in [0.2, 0.25) is 0 Å². The minimum Gasteiger partial charge on any atom is -0.464 e. The number of esters is 1. The quantitative estimate of drug-likeness (QED) is 0.642. The molecule has 0 spiro atoms. The molecular weight excluding hydrogens is 198 g/mol. The summed E-state index contributed by atoms with van der Waals surface area (Å²) in [6.45, 7) is 0. The van der Waals surface area contributed by atoms with Crippen LogP contribution in [-0.4, -0.2) is 22.9 Å². The summed E-state index contributed by atoms with van der Waals surface area (Å²) < 4.78 is 5.83. The number of carbonyl (C=O) groups excluding carboxylic acids is 1. The first-order valence-corrected chi connectivity index (χ1v) is 4.66. The topological polar surface area (TPSA) is 90.1 Å². The lowest BCUT2D eigenvalue weighted by Gasteiger charge is -2.05. The second-order valence-electron chi connectivity index (χ2n) is 3.87. The first-order chi connectivity index (χ1) is 6.99. The van der Waals surface area contributed by atoms with Crippen LogP contribution in [0.25, 0.3) is 0 Å². The van der Waals surface area contributed by atoms with E-state index >= 15 is 0 Å². The maximum Gasteiger partial charge on any atom is 0.356 e. The van der Waals surface area contributed by atoms with Crippen molar-refractivity contribution in [2.45, 2.75) is 18.4 Å². The SMILES string of the molecule is COC(=O)c1[nH]n(C)c(=O)c1C1(N)CC1. The molecule has 15 heavy (non-hydrogen) atoms. The van der Waals surface area contributed by atoms with Gasteiger partial charge in [0.25, 0.3) is 5.56 Å². The Labute approximate surface area is 86.0 Å². The third kappa shape index (κ3) is 1.37. The van der Waals surface area contributed by atoms with Crippen molar-refractivity contribution >= 4 is 5.97 Å². The van der Waals surface area contributed by atoms with E-state index < -0.39 is 11.5 Å². The standard InChI is InChI=1S/C9H13N3O3/c1-12-7(13)5(9(10)3-4-9)6(11-12)8(14)15-2/h11H,3-4,10H2,1-2H3. The second kappa shape index (κ2) is 2.96. The summed E-state index contributed by atoms with van der Waals surface area (Å²) in [5, 5.41) is 2.66. The molecule has 1 aliphatic carbocycles. The molecule has 0 aliphatic heterocycles. The van der Waals surface area contributed by atoms with Gasteiger partial charge in [-0.05, 0) is 12.8 Å². The number of hydrogen-bond donors (Lipinski definition) is 2. The van der Waals surface area contributed by atoms with Crippen molar-refractivity contribution in [3.63, 3.8) is 0 Å². The fourth-order valence-corrected chi connectivity index (χ4v) is 1.65. The molecule has 0 bridgehead atoms. The van der Waals surface area contributed by atoms with Crippen LogP contribution in [0.5, 0.6) is 0 Å². The van der Waals surface area contributed by atoms with Gasteiger partial charge in [-0.15, -0.1) is 0 Å². The number of ether oxygens (including phenoxy) is 1. The maximum absolute atomic E-state index is 11.7. The molecule has 0 radical (unpaired) electrons. The summed E-state index contributed by atoms with van der Waals surface area (Å²) in [5.74, 6) is -0.556. The number of carbonyl (C=O) groups is 1. The van der Waals surface area contributed by atoms with Gasteiger partial charge in [-0.2, -0.15) is 0 Å². The summed E-state index contributed by atoms with van der Waals surface area (Å²) in [4.78, 5) is 23.2. The van der Waals surface area contributed by atoms with E-state index in [1.807, 2.05) is 0 Å². The highest BCUT2D eigenvalue weighted by molar-refractivity contribution is 5.89. The smallest absolute Gasteiger partial charge is 0.356 e. The number of aromatic nitrogens is 2. The van der Waals surface area contributed by atoms with E-state index in [1.54, 1.807) is 7.05 Å². The highest BCUT2D eigenvalue weighted by Gasteiger charge is 2.46. The predicted molar refractivity (Wildman–Crippen MR) is 52.5 cm³/mol. The number of H-pyrrole nitrogens is 1. The molecule has 0 amide bonds. The van der Waals surface area contributed by atoms with Crippen molar-refractivity contribution in [2.75, 3.05) is 7.11 Å². The highest BCUT2D eigenvalue weighted by Crippen LogP contribution is 2.42. The summed E-state index contributed by atoms with van der Waals surface area (Å²) in [6.07, 6.45) is 1.45. The van der Waals surface area contributed by atoms with E-state index in [9.17, 15) is 9.59 Å². The number of nitrogens with one attached hydrogen (secondary N) is 1. The number of hydrogen-bond acceptors (Lipinski definition) is 4. The number of aryl methyl sites for hydroxylation is 1. The Morgan fingerprint density at radius 3 is 2.67 bits per heavy atom. The molecule has 2 rings (SSSR count). The van der Waals surface area contributed by atoms with Crippen LogP contribution in [0.1, 0.15) is 28.9 Å². The normalized spacial score (nSPS) is 17.5. The molecular formula is C9H13N3O3. The third-order valence-corrected chi connectivity index (χ3v) is 2.72. The van der Waals surface area contributed by atoms with E-state index in [0.29, 0.717) is 5.56 Å². The lowest BCUT2D eigenvalue weighted by Crippen LogP contribution is -2.29. The molecule has 0 aromatic carbocycles. The number of nitrogens with two attached hydrogens (primary N) is 1. The summed E-state index contributed by atoms with van der Waals surface area (Å²) in [6, 6.07) is 0. The van der Waals surface area contributed by atoms with Gasteiger partial charge in [0.15, 0.2) is 5.69 Å². The molecule has 82 valence electrons. The van der Waals surface area contributed by atoms with Gasteiger partial charge in [0.05, 0.1) is 12.7 Å². The van der Waals surface area contributed by atoms with Gasteiger partial charge in [-0.3, -0.25) is 14.6 Å². The van der Waals surface area contributed by atoms with Crippen LogP contribution >= 0.6 is 0 Å². The zero-order chi connectivity index (χ0) is 11.2. The third-order valence-electron chi connectivity index (χ3n) is 2.72. The second-order valence-corrected chi connectivity index (χ2v) is 3.87. The van der Waals surface area contributed by atoms with Crippen molar-refractivity contribution in [1.29, 1.82) is 0 Å². The Kier molecular flexibility index (Phi) is 1.97. The largest absolute Gasteiger partial charge is 0.464 e. The Morgan fingerprint density at radius 1 is 1.60 bits per heavy atom. The van der Waals surface area contributed by atoms with E-state index in [2.05, 4.69) is 9.84 Å². The van der Waals surface area contributed by atoms with Gasteiger partial charge in [-0.25, -0.2) is 4.79 Å². The number of aromatic amines is 1. The molecule has 3 N–H and O–H groups in total. The summed E-state index contributed by atoms with van der Waals surface area (Å²) in [5.41, 5.74) is 5.56. The monoisotopic (exact) mass is 211 g/mol. The Bertz CT molecular complexity index is 467. The minimum absolute atomic E-state index is 0.171. The number of rotatable bonds is 2. The molecule has 1 aliphatic rings. The Morgan fingerprint density at radius 2 is 2.20 bits per heavy atom. The van der Waals surface area contributed by atoms with Crippen molar-refractivity contribution in [1.82, 2.24) is 9.78 Å². The van der Waals surface area contributed by atoms with Crippen LogP contribution in [0.3, 0.4) is 0 Å².